The number of hydrogen-bond donors (Lipinski definition) is 1. The van der Waals surface area contributed by atoms with Crippen molar-refractivity contribution in [3.8, 4) is 0 Å². The summed E-state index contributed by atoms with van der Waals surface area (Å²) in [6, 6.07) is 10.5. The zero-order valence-corrected chi connectivity index (χ0v) is 11.3. The molecule has 4 heteroatoms. The summed E-state index contributed by atoms with van der Waals surface area (Å²) in [6.07, 6.45) is 2.87. The maximum atomic E-state index is 6.13. The summed E-state index contributed by atoms with van der Waals surface area (Å²) in [5.41, 5.74) is 7.46. The van der Waals surface area contributed by atoms with Crippen LogP contribution in [0.15, 0.2) is 30.3 Å². The van der Waals surface area contributed by atoms with Gasteiger partial charge in [-0.3, -0.25) is 0 Å². The Morgan fingerprint density at radius 1 is 1.26 bits per heavy atom. The number of fused-ring (bicyclic) bond motifs is 1. The Hall–Kier alpha value is -1.68. The molecule has 1 aliphatic heterocycles. The minimum Gasteiger partial charge on any atom is -0.321 e. The highest BCUT2D eigenvalue weighted by Gasteiger charge is 2.25. The van der Waals surface area contributed by atoms with Crippen LogP contribution in [0.4, 0.5) is 0 Å². The molecule has 1 aliphatic rings. The molecule has 0 aliphatic carbocycles. The van der Waals surface area contributed by atoms with Gasteiger partial charge in [-0.05, 0) is 24.3 Å². The fraction of sp³-hybridized carbons (Fsp3) is 0.467. The normalized spacial score (nSPS) is 22.2. The Kier molecular flexibility index (Phi) is 3.34. The predicted molar refractivity (Wildman–Crippen MR) is 74.6 cm³/mol. The van der Waals surface area contributed by atoms with Crippen molar-refractivity contribution in [2.75, 3.05) is 0 Å². The average molecular weight is 256 g/mol. The number of benzene rings is 1. The van der Waals surface area contributed by atoms with Gasteiger partial charge in [-0.25, -0.2) is 9.67 Å². The second-order valence-electron chi connectivity index (χ2n) is 5.50. The van der Waals surface area contributed by atoms with E-state index in [-0.39, 0.29) is 6.04 Å². The molecule has 0 radical (unpaired) electrons. The minimum absolute atomic E-state index is 0.0433. The number of nitrogens with zero attached hydrogens (tertiary/aromatic N) is 3. The molecule has 0 saturated carbocycles. The molecule has 4 nitrogen and oxygen atoms in total. The van der Waals surface area contributed by atoms with Crippen LogP contribution in [0.25, 0.3) is 0 Å². The van der Waals surface area contributed by atoms with Crippen LogP contribution in [0.5, 0.6) is 0 Å². The van der Waals surface area contributed by atoms with E-state index in [1.807, 2.05) is 10.7 Å². The van der Waals surface area contributed by atoms with Crippen molar-refractivity contribution in [1.82, 2.24) is 14.8 Å². The van der Waals surface area contributed by atoms with Gasteiger partial charge in [-0.1, -0.05) is 37.3 Å². The van der Waals surface area contributed by atoms with Crippen molar-refractivity contribution < 1.29 is 0 Å². The van der Waals surface area contributed by atoms with Crippen molar-refractivity contribution in [2.24, 2.45) is 11.7 Å². The summed E-state index contributed by atoms with van der Waals surface area (Å²) in [5, 5.41) is 4.59. The molecule has 0 bridgehead atoms. The van der Waals surface area contributed by atoms with E-state index >= 15 is 0 Å². The summed E-state index contributed by atoms with van der Waals surface area (Å²) in [5.74, 6) is 2.47. The summed E-state index contributed by atoms with van der Waals surface area (Å²) < 4.78 is 2.00. The monoisotopic (exact) mass is 256 g/mol. The van der Waals surface area contributed by atoms with Crippen molar-refractivity contribution in [1.29, 1.82) is 0 Å². The van der Waals surface area contributed by atoms with Crippen LogP contribution in [-0.4, -0.2) is 14.8 Å². The number of aromatic nitrogens is 3. The van der Waals surface area contributed by atoms with Crippen molar-refractivity contribution >= 4 is 0 Å². The van der Waals surface area contributed by atoms with E-state index in [2.05, 4.69) is 41.3 Å². The molecule has 3 rings (SSSR count). The van der Waals surface area contributed by atoms with E-state index in [0.29, 0.717) is 5.92 Å². The molecule has 0 amide bonds. The summed E-state index contributed by atoms with van der Waals surface area (Å²) >= 11 is 0. The van der Waals surface area contributed by atoms with Crippen LogP contribution in [0.3, 0.4) is 0 Å². The topological polar surface area (TPSA) is 56.7 Å². The van der Waals surface area contributed by atoms with E-state index < -0.39 is 0 Å². The van der Waals surface area contributed by atoms with Gasteiger partial charge in [0.25, 0.3) is 0 Å². The van der Waals surface area contributed by atoms with Crippen LogP contribution in [0.2, 0.25) is 0 Å². The van der Waals surface area contributed by atoms with E-state index in [1.54, 1.807) is 0 Å². The summed E-state index contributed by atoms with van der Waals surface area (Å²) in [6.45, 7) is 3.16. The van der Waals surface area contributed by atoms with E-state index in [4.69, 9.17) is 5.73 Å². The molecule has 2 aromatic rings. The molecule has 19 heavy (non-hydrogen) atoms. The lowest BCUT2D eigenvalue weighted by Gasteiger charge is -2.23. The molecule has 100 valence electrons. The van der Waals surface area contributed by atoms with Gasteiger partial charge < -0.3 is 5.73 Å². The number of hydrogen-bond acceptors (Lipinski definition) is 3. The molecular formula is C15H20N4. The Morgan fingerprint density at radius 3 is 2.84 bits per heavy atom. The van der Waals surface area contributed by atoms with Crippen LogP contribution < -0.4 is 5.73 Å². The summed E-state index contributed by atoms with van der Waals surface area (Å²) in [7, 11) is 0. The zero-order valence-electron chi connectivity index (χ0n) is 11.3. The highest BCUT2D eigenvalue weighted by molar-refractivity contribution is 5.15. The molecule has 0 spiro atoms. The zero-order chi connectivity index (χ0) is 13.2. The highest BCUT2D eigenvalue weighted by atomic mass is 15.4. The van der Waals surface area contributed by atoms with E-state index in [0.717, 1.165) is 37.5 Å². The second kappa shape index (κ2) is 5.13. The van der Waals surface area contributed by atoms with Gasteiger partial charge >= 0.3 is 0 Å². The smallest absolute Gasteiger partial charge is 0.151 e. The Balaban J connectivity index is 1.71. The first-order chi connectivity index (χ1) is 9.22. The third kappa shape index (κ3) is 2.68. The molecule has 2 unspecified atom stereocenters. The third-order valence-electron chi connectivity index (χ3n) is 3.70. The van der Waals surface area contributed by atoms with Crippen molar-refractivity contribution in [2.45, 2.75) is 38.8 Å². The van der Waals surface area contributed by atoms with Gasteiger partial charge in [0.15, 0.2) is 5.82 Å². The lowest BCUT2D eigenvalue weighted by Crippen LogP contribution is -2.27. The van der Waals surface area contributed by atoms with Crippen LogP contribution >= 0.6 is 0 Å². The van der Waals surface area contributed by atoms with Gasteiger partial charge in [0.05, 0.1) is 6.04 Å². The summed E-state index contributed by atoms with van der Waals surface area (Å²) in [4.78, 5) is 4.61. The molecule has 2 heterocycles. The lowest BCUT2D eigenvalue weighted by molar-refractivity contribution is 0.325. The molecule has 1 aromatic heterocycles. The van der Waals surface area contributed by atoms with Gasteiger partial charge in [0, 0.05) is 13.0 Å². The molecule has 0 saturated heterocycles. The molecular weight excluding hydrogens is 236 g/mol. The largest absolute Gasteiger partial charge is 0.321 e. The molecule has 2 N–H and O–H groups in total. The molecule has 1 aromatic carbocycles. The quantitative estimate of drug-likeness (QED) is 0.915. The maximum Gasteiger partial charge on any atom is 0.151 e. The van der Waals surface area contributed by atoms with E-state index in [1.165, 1.54) is 5.56 Å². The van der Waals surface area contributed by atoms with Crippen LogP contribution in [-0.2, 0) is 19.4 Å². The van der Waals surface area contributed by atoms with Gasteiger partial charge in [0.1, 0.15) is 5.82 Å². The van der Waals surface area contributed by atoms with Crippen LogP contribution in [0, 0.1) is 5.92 Å². The highest BCUT2D eigenvalue weighted by Crippen LogP contribution is 2.25. The Labute approximate surface area is 113 Å². The third-order valence-corrected chi connectivity index (χ3v) is 3.70. The number of rotatable bonds is 3. The predicted octanol–water partition coefficient (Wildman–Crippen LogP) is 2.10. The van der Waals surface area contributed by atoms with Gasteiger partial charge in [0.2, 0.25) is 0 Å². The first kappa shape index (κ1) is 12.4. The minimum atomic E-state index is 0.0433. The first-order valence-corrected chi connectivity index (χ1v) is 6.95. The fourth-order valence-corrected chi connectivity index (χ4v) is 2.73. The van der Waals surface area contributed by atoms with Crippen molar-refractivity contribution in [3.05, 3.63) is 47.5 Å². The lowest BCUT2D eigenvalue weighted by atomic mass is 9.98. The second-order valence-corrected chi connectivity index (χ2v) is 5.50. The van der Waals surface area contributed by atoms with Gasteiger partial charge in [-0.2, -0.15) is 5.10 Å². The average Bonchev–Trinajstić information content (AvgIpc) is 2.81. The maximum absolute atomic E-state index is 6.13. The molecule has 2 atom stereocenters. The Morgan fingerprint density at radius 2 is 2.05 bits per heavy atom. The SMILES string of the molecule is CC1CC(N)c2nc(CCc3ccccc3)nn2C1. The van der Waals surface area contributed by atoms with E-state index in [9.17, 15) is 0 Å². The molecule has 0 fully saturated rings. The standard InChI is InChI=1S/C15H20N4/c1-11-9-13(16)15-17-14(18-19(15)10-11)8-7-12-5-3-2-4-6-12/h2-6,11,13H,7-10,16H2,1H3. The van der Waals surface area contributed by atoms with Crippen molar-refractivity contribution in [3.63, 3.8) is 0 Å². The Bertz CT molecular complexity index is 547. The van der Waals surface area contributed by atoms with Gasteiger partial charge in [-0.15, -0.1) is 0 Å². The first-order valence-electron chi connectivity index (χ1n) is 6.95. The van der Waals surface area contributed by atoms with Crippen LogP contribution in [0.1, 0.15) is 36.6 Å². The number of aryl methyl sites for hydroxylation is 2. The number of nitrogens with two attached hydrogens (primary N) is 1. The fourth-order valence-electron chi connectivity index (χ4n) is 2.73.